The fourth-order valence-corrected chi connectivity index (χ4v) is 5.91. The number of hydrogen-bond acceptors (Lipinski definition) is 2. The van der Waals surface area contributed by atoms with Crippen LogP contribution in [0.1, 0.15) is 32.1 Å². The molecule has 6 saturated carbocycles. The molecule has 5 bridgehead atoms. The highest BCUT2D eigenvalue weighted by Crippen LogP contribution is 2.81. The molecule has 6 aliphatic rings. The molecule has 0 aromatic heterocycles. The van der Waals surface area contributed by atoms with Crippen LogP contribution in [0.3, 0.4) is 0 Å². The molecule has 5 atom stereocenters. The Hall–Kier alpha value is -0.830. The minimum atomic E-state index is -0.451. The monoisotopic (exact) mass is 219 g/mol. The van der Waals surface area contributed by atoms with Crippen molar-refractivity contribution < 1.29 is 9.90 Å². The highest BCUT2D eigenvalue weighted by atomic mass is 16.3. The number of nitrogens with one attached hydrogen (secondary N) is 1. The van der Waals surface area contributed by atoms with Crippen molar-refractivity contribution in [3.05, 3.63) is 12.7 Å². The second-order valence-corrected chi connectivity index (χ2v) is 6.62. The van der Waals surface area contributed by atoms with Crippen LogP contribution in [0.25, 0.3) is 0 Å². The first-order chi connectivity index (χ1) is 7.51. The average molecular weight is 219 g/mol. The quantitative estimate of drug-likeness (QED) is 0.680. The highest BCUT2D eigenvalue weighted by Gasteiger charge is 2.81. The summed E-state index contributed by atoms with van der Waals surface area (Å²) in [6.45, 7) is 3.51. The van der Waals surface area contributed by atoms with Crippen LogP contribution in [-0.2, 0) is 4.79 Å². The molecule has 16 heavy (non-hydrogen) atoms. The molecule has 5 unspecified atom stereocenters. The number of rotatable bonds is 2. The van der Waals surface area contributed by atoms with E-state index in [1.54, 1.807) is 0 Å². The lowest BCUT2D eigenvalue weighted by molar-refractivity contribution is -0.364. The lowest BCUT2D eigenvalue weighted by Gasteiger charge is -2.82. The smallest absolute Gasteiger partial charge is 0.243 e. The Balaban J connectivity index is 1.68. The molecular formula is C13H17NO2. The summed E-state index contributed by atoms with van der Waals surface area (Å²) in [7, 11) is 0. The SMILES string of the molecule is C=CC(=O)NC12CC3CC4(C1)CC(O)(C2)C34. The Kier molecular flexibility index (Phi) is 1.29. The summed E-state index contributed by atoms with van der Waals surface area (Å²) in [5.41, 5.74) is -0.172. The van der Waals surface area contributed by atoms with Crippen molar-refractivity contribution in [2.45, 2.75) is 43.2 Å². The zero-order valence-electron chi connectivity index (χ0n) is 9.33. The fourth-order valence-electron chi connectivity index (χ4n) is 5.91. The van der Waals surface area contributed by atoms with E-state index >= 15 is 0 Å². The van der Waals surface area contributed by atoms with Crippen molar-refractivity contribution in [2.24, 2.45) is 17.3 Å². The molecule has 3 heteroatoms. The Labute approximate surface area is 94.9 Å². The van der Waals surface area contributed by atoms with Gasteiger partial charge in [0.2, 0.25) is 5.91 Å². The van der Waals surface area contributed by atoms with E-state index in [0.29, 0.717) is 17.3 Å². The van der Waals surface area contributed by atoms with Gasteiger partial charge in [-0.25, -0.2) is 0 Å². The third-order valence-electron chi connectivity index (χ3n) is 5.60. The molecule has 86 valence electrons. The molecule has 3 nitrogen and oxygen atoms in total. The highest BCUT2D eigenvalue weighted by molar-refractivity contribution is 5.87. The van der Waals surface area contributed by atoms with Crippen LogP contribution in [0, 0.1) is 17.3 Å². The van der Waals surface area contributed by atoms with E-state index in [1.165, 1.54) is 12.5 Å². The van der Waals surface area contributed by atoms with Gasteiger partial charge in [0, 0.05) is 5.54 Å². The largest absolute Gasteiger partial charge is 0.389 e. The molecule has 0 saturated heterocycles. The Morgan fingerprint density at radius 3 is 2.81 bits per heavy atom. The van der Waals surface area contributed by atoms with Crippen LogP contribution in [0.4, 0.5) is 0 Å². The van der Waals surface area contributed by atoms with Crippen molar-refractivity contribution in [1.29, 1.82) is 0 Å². The molecule has 0 heterocycles. The minimum absolute atomic E-state index is 0.0841. The molecule has 0 aliphatic heterocycles. The zero-order valence-corrected chi connectivity index (χ0v) is 9.33. The predicted molar refractivity (Wildman–Crippen MR) is 58.5 cm³/mol. The Morgan fingerprint density at radius 1 is 1.38 bits per heavy atom. The summed E-state index contributed by atoms with van der Waals surface area (Å²) in [5.74, 6) is 1.13. The van der Waals surface area contributed by atoms with Gasteiger partial charge < -0.3 is 10.4 Å². The molecule has 0 aromatic carbocycles. The van der Waals surface area contributed by atoms with Crippen molar-refractivity contribution >= 4 is 5.91 Å². The minimum Gasteiger partial charge on any atom is -0.389 e. The van der Waals surface area contributed by atoms with Crippen LogP contribution in [-0.4, -0.2) is 22.2 Å². The normalized spacial score (nSPS) is 59.6. The van der Waals surface area contributed by atoms with Crippen LogP contribution < -0.4 is 5.32 Å². The van der Waals surface area contributed by atoms with Gasteiger partial charge in [0.05, 0.1) is 5.60 Å². The summed E-state index contributed by atoms with van der Waals surface area (Å²) in [4.78, 5) is 11.5. The van der Waals surface area contributed by atoms with Crippen molar-refractivity contribution in [2.75, 3.05) is 0 Å². The first-order valence-electron chi connectivity index (χ1n) is 6.18. The van der Waals surface area contributed by atoms with Gasteiger partial charge in [0.15, 0.2) is 0 Å². The maximum absolute atomic E-state index is 11.5. The van der Waals surface area contributed by atoms with Crippen LogP contribution >= 0.6 is 0 Å². The zero-order chi connectivity index (χ0) is 11.2. The molecule has 1 spiro atoms. The molecule has 1 amide bonds. The van der Waals surface area contributed by atoms with Gasteiger partial charge in [-0.3, -0.25) is 4.79 Å². The Bertz CT molecular complexity index is 406. The van der Waals surface area contributed by atoms with Gasteiger partial charge in [-0.2, -0.15) is 0 Å². The maximum atomic E-state index is 11.5. The van der Waals surface area contributed by atoms with Crippen LogP contribution in [0.15, 0.2) is 12.7 Å². The molecule has 6 fully saturated rings. The van der Waals surface area contributed by atoms with Gasteiger partial charge >= 0.3 is 0 Å². The average Bonchev–Trinajstić information content (AvgIpc) is 2.12. The molecule has 2 N–H and O–H groups in total. The van der Waals surface area contributed by atoms with E-state index in [0.717, 1.165) is 25.7 Å². The molecule has 0 aromatic rings. The number of carbonyl (C=O) groups is 1. The van der Waals surface area contributed by atoms with Gasteiger partial charge in [-0.15, -0.1) is 0 Å². The van der Waals surface area contributed by atoms with Gasteiger partial charge in [-0.05, 0) is 55.4 Å². The van der Waals surface area contributed by atoms with Gasteiger partial charge in [0.1, 0.15) is 0 Å². The topological polar surface area (TPSA) is 49.3 Å². The number of carbonyl (C=O) groups excluding carboxylic acids is 1. The van der Waals surface area contributed by atoms with E-state index < -0.39 is 5.60 Å². The second kappa shape index (κ2) is 2.23. The summed E-state index contributed by atoms with van der Waals surface area (Å²) in [6, 6.07) is 0. The van der Waals surface area contributed by atoms with Gasteiger partial charge in [-0.1, -0.05) is 6.58 Å². The van der Waals surface area contributed by atoms with Crippen molar-refractivity contribution in [1.82, 2.24) is 5.32 Å². The molecule has 6 aliphatic carbocycles. The van der Waals surface area contributed by atoms with Crippen LogP contribution in [0.5, 0.6) is 0 Å². The fraction of sp³-hybridized carbons (Fsp3) is 0.769. The Morgan fingerprint density at radius 2 is 2.19 bits per heavy atom. The van der Waals surface area contributed by atoms with Crippen molar-refractivity contribution in [3.63, 3.8) is 0 Å². The number of aliphatic hydroxyl groups is 1. The van der Waals surface area contributed by atoms with Gasteiger partial charge in [0.25, 0.3) is 0 Å². The molecular weight excluding hydrogens is 202 g/mol. The summed E-state index contributed by atoms with van der Waals surface area (Å²) < 4.78 is 0. The standard InChI is InChI=1S/C13H17NO2/c1-2-9(15)14-12-4-8-3-11(5-12)6-13(16,7-12)10(8)11/h2,8,10,16H,1,3-7H2,(H,14,15). The van der Waals surface area contributed by atoms with E-state index in [2.05, 4.69) is 11.9 Å². The molecule has 0 radical (unpaired) electrons. The lowest BCUT2D eigenvalue weighted by Crippen LogP contribution is -2.84. The predicted octanol–water partition coefficient (Wildman–Crippen LogP) is 0.982. The van der Waals surface area contributed by atoms with E-state index in [-0.39, 0.29) is 11.4 Å². The third kappa shape index (κ3) is 0.775. The third-order valence-corrected chi connectivity index (χ3v) is 5.60. The van der Waals surface area contributed by atoms with E-state index in [4.69, 9.17) is 0 Å². The number of amides is 1. The van der Waals surface area contributed by atoms with E-state index in [9.17, 15) is 9.90 Å². The van der Waals surface area contributed by atoms with Crippen LogP contribution in [0.2, 0.25) is 0 Å². The summed E-state index contributed by atoms with van der Waals surface area (Å²) in [5, 5.41) is 13.6. The first kappa shape index (κ1) is 9.23. The summed E-state index contributed by atoms with van der Waals surface area (Å²) in [6.07, 6.45) is 6.53. The van der Waals surface area contributed by atoms with E-state index in [1.807, 2.05) is 0 Å². The molecule has 6 rings (SSSR count). The lowest BCUT2D eigenvalue weighted by atomic mass is 9.24. The maximum Gasteiger partial charge on any atom is 0.243 e. The van der Waals surface area contributed by atoms with Crippen molar-refractivity contribution in [3.8, 4) is 0 Å². The number of hydrogen-bond donors (Lipinski definition) is 2. The summed E-state index contributed by atoms with van der Waals surface area (Å²) >= 11 is 0. The second-order valence-electron chi connectivity index (χ2n) is 6.62. The first-order valence-corrected chi connectivity index (χ1v) is 6.18.